The van der Waals surface area contributed by atoms with E-state index >= 15 is 0 Å². The van der Waals surface area contributed by atoms with Crippen LogP contribution in [-0.2, 0) is 11.2 Å². The molecule has 0 spiro atoms. The molecular weight excluding hydrogens is 192 g/mol. The van der Waals surface area contributed by atoms with Gasteiger partial charge in [-0.25, -0.2) is 0 Å². The second kappa shape index (κ2) is 4.64. The van der Waals surface area contributed by atoms with Gasteiger partial charge in [0.2, 0.25) is 0 Å². The van der Waals surface area contributed by atoms with Gasteiger partial charge in [-0.3, -0.25) is 0 Å². The van der Waals surface area contributed by atoms with E-state index in [9.17, 15) is 4.55 Å². The van der Waals surface area contributed by atoms with Gasteiger partial charge >= 0.3 is 0 Å². The molecule has 1 rings (SSSR count). The van der Waals surface area contributed by atoms with E-state index in [2.05, 4.69) is 0 Å². The number of rotatable bonds is 3. The minimum absolute atomic E-state index is 0.745. The molecule has 0 bridgehead atoms. The van der Waals surface area contributed by atoms with Crippen LogP contribution in [0.15, 0.2) is 27.1 Å². The first-order chi connectivity index (χ1) is 5.74. The molecule has 0 aromatic carbocycles. The summed E-state index contributed by atoms with van der Waals surface area (Å²) in [6, 6.07) is 3.64. The zero-order valence-corrected chi connectivity index (χ0v) is 8.58. The van der Waals surface area contributed by atoms with Crippen LogP contribution in [0.25, 0.3) is 6.08 Å². The third kappa shape index (κ3) is 2.62. The summed E-state index contributed by atoms with van der Waals surface area (Å²) in [4.78, 5) is 0. The highest BCUT2D eigenvalue weighted by Crippen LogP contribution is 2.21. The fraction of sp³-hybridized carbons (Fsp3) is 0.250. The molecule has 0 aliphatic rings. The molecular formula is C8H10O2S2. The lowest BCUT2D eigenvalue weighted by Gasteiger charge is -2.04. The lowest BCUT2D eigenvalue weighted by atomic mass is 10.4. The van der Waals surface area contributed by atoms with Gasteiger partial charge in [0.15, 0.2) is 4.24 Å². The van der Waals surface area contributed by atoms with E-state index in [4.69, 9.17) is 4.42 Å². The van der Waals surface area contributed by atoms with Crippen LogP contribution in [-0.4, -0.2) is 17.1 Å². The Hall–Kier alpha value is -0.320. The third-order valence-electron chi connectivity index (χ3n) is 1.29. The Balaban J connectivity index is 2.78. The first-order valence-corrected chi connectivity index (χ1v) is 6.15. The van der Waals surface area contributed by atoms with Gasteiger partial charge in [0.25, 0.3) is 0 Å². The zero-order valence-electron chi connectivity index (χ0n) is 6.94. The Morgan fingerprint density at radius 2 is 2.50 bits per heavy atom. The van der Waals surface area contributed by atoms with Gasteiger partial charge < -0.3 is 8.97 Å². The molecule has 66 valence electrons. The smallest absolute Gasteiger partial charge is 0.189 e. The average molecular weight is 202 g/mol. The molecule has 1 aromatic rings. The lowest BCUT2D eigenvalue weighted by Crippen LogP contribution is -1.96. The van der Waals surface area contributed by atoms with Crippen molar-refractivity contribution in [1.29, 1.82) is 0 Å². The van der Waals surface area contributed by atoms with E-state index in [0.717, 1.165) is 10.00 Å². The van der Waals surface area contributed by atoms with Gasteiger partial charge in [0.1, 0.15) is 12.0 Å². The van der Waals surface area contributed by atoms with Crippen molar-refractivity contribution >= 4 is 29.0 Å². The first kappa shape index (κ1) is 9.77. The van der Waals surface area contributed by atoms with Crippen molar-refractivity contribution in [3.63, 3.8) is 0 Å². The Labute approximate surface area is 79.2 Å². The van der Waals surface area contributed by atoms with Crippen LogP contribution in [0.5, 0.6) is 0 Å². The Morgan fingerprint density at radius 1 is 1.75 bits per heavy atom. The highest BCUT2D eigenvalue weighted by Gasteiger charge is 2.07. The van der Waals surface area contributed by atoms with Gasteiger partial charge in [-0.05, 0) is 29.6 Å². The molecule has 0 aliphatic heterocycles. The van der Waals surface area contributed by atoms with Crippen LogP contribution in [0.3, 0.4) is 0 Å². The largest absolute Gasteiger partial charge is 0.611 e. The summed E-state index contributed by atoms with van der Waals surface area (Å²) in [7, 11) is 0. The Kier molecular flexibility index (Phi) is 3.78. The third-order valence-corrected chi connectivity index (χ3v) is 3.70. The van der Waals surface area contributed by atoms with Crippen molar-refractivity contribution in [3.05, 3.63) is 28.4 Å². The maximum Gasteiger partial charge on any atom is 0.189 e. The van der Waals surface area contributed by atoms with Gasteiger partial charge in [0, 0.05) is 6.08 Å². The van der Waals surface area contributed by atoms with Crippen molar-refractivity contribution < 1.29 is 8.97 Å². The highest BCUT2D eigenvalue weighted by molar-refractivity contribution is 8.18. The molecule has 0 saturated carbocycles. The predicted molar refractivity (Wildman–Crippen MR) is 54.3 cm³/mol. The highest BCUT2D eigenvalue weighted by atomic mass is 32.3. The fourth-order valence-corrected chi connectivity index (χ4v) is 2.20. The monoisotopic (exact) mass is 202 g/mol. The second-order valence-corrected chi connectivity index (χ2v) is 4.59. The maximum absolute atomic E-state index is 11.1. The summed E-state index contributed by atoms with van der Waals surface area (Å²) in [6.45, 7) is 0. The molecule has 0 amide bonds. The maximum atomic E-state index is 11.1. The van der Waals surface area contributed by atoms with Crippen molar-refractivity contribution in [2.75, 3.05) is 12.5 Å². The van der Waals surface area contributed by atoms with Crippen LogP contribution in [0.1, 0.15) is 5.76 Å². The van der Waals surface area contributed by atoms with Crippen molar-refractivity contribution in [2.24, 2.45) is 0 Å². The molecule has 1 aromatic heterocycles. The van der Waals surface area contributed by atoms with Crippen LogP contribution >= 0.6 is 11.8 Å². The standard InChI is InChI=1S/C8H10O2S2/c1-11-8(12(2)9)6-7-4-3-5-10-7/h3-6H,1-2H3. The summed E-state index contributed by atoms with van der Waals surface area (Å²) >= 11 is 0.553. The van der Waals surface area contributed by atoms with E-state index < -0.39 is 11.2 Å². The van der Waals surface area contributed by atoms with E-state index in [1.54, 1.807) is 18.6 Å². The number of hydrogen-bond donors (Lipinski definition) is 0. The summed E-state index contributed by atoms with van der Waals surface area (Å²) in [5, 5.41) is 0. The van der Waals surface area contributed by atoms with Crippen molar-refractivity contribution in [2.45, 2.75) is 0 Å². The van der Waals surface area contributed by atoms with E-state index in [1.165, 1.54) is 11.8 Å². The lowest BCUT2D eigenvalue weighted by molar-refractivity contribution is 0.557. The first-order valence-electron chi connectivity index (χ1n) is 3.36. The van der Waals surface area contributed by atoms with Crippen LogP contribution in [0.4, 0.5) is 0 Å². The van der Waals surface area contributed by atoms with Gasteiger partial charge in [-0.2, -0.15) is 0 Å². The molecule has 4 heteroatoms. The summed E-state index contributed by atoms with van der Waals surface area (Å²) < 4.78 is 17.0. The molecule has 1 heterocycles. The van der Waals surface area contributed by atoms with E-state index in [-0.39, 0.29) is 0 Å². The Bertz CT molecular complexity index is 252. The minimum Gasteiger partial charge on any atom is -0.611 e. The number of furan rings is 1. The molecule has 1 unspecified atom stereocenters. The van der Waals surface area contributed by atoms with Crippen molar-refractivity contribution in [3.8, 4) is 0 Å². The van der Waals surface area contributed by atoms with Crippen LogP contribution in [0, 0.1) is 0 Å². The number of hydrogen-bond acceptors (Lipinski definition) is 3. The SMILES string of the molecule is CSC(=Cc1ccco1)[S+](C)[O-]. The van der Waals surface area contributed by atoms with Gasteiger partial charge in [0.05, 0.1) is 6.26 Å². The topological polar surface area (TPSA) is 36.2 Å². The predicted octanol–water partition coefficient (Wildman–Crippen LogP) is 2.32. The molecule has 12 heavy (non-hydrogen) atoms. The van der Waals surface area contributed by atoms with Gasteiger partial charge in [-0.1, -0.05) is 11.8 Å². The van der Waals surface area contributed by atoms with Gasteiger partial charge in [-0.15, -0.1) is 0 Å². The molecule has 2 nitrogen and oxygen atoms in total. The average Bonchev–Trinajstić information content (AvgIpc) is 2.51. The fourth-order valence-electron chi connectivity index (χ4n) is 0.749. The van der Waals surface area contributed by atoms with Crippen LogP contribution in [0.2, 0.25) is 0 Å². The van der Waals surface area contributed by atoms with E-state index in [1.807, 2.05) is 18.4 Å². The minimum atomic E-state index is -0.924. The molecule has 0 saturated heterocycles. The normalized spacial score (nSPS) is 14.8. The second-order valence-electron chi connectivity index (χ2n) is 2.14. The Morgan fingerprint density at radius 3 is 2.92 bits per heavy atom. The molecule has 1 atom stereocenters. The molecule has 0 fully saturated rings. The van der Waals surface area contributed by atoms with E-state index in [0.29, 0.717) is 0 Å². The summed E-state index contributed by atoms with van der Waals surface area (Å²) in [6.07, 6.45) is 6.95. The molecule has 0 radical (unpaired) electrons. The summed E-state index contributed by atoms with van der Waals surface area (Å²) in [5.74, 6) is 0.745. The molecule has 0 N–H and O–H groups in total. The van der Waals surface area contributed by atoms with Crippen molar-refractivity contribution in [1.82, 2.24) is 0 Å². The quantitative estimate of drug-likeness (QED) is 0.706. The van der Waals surface area contributed by atoms with Crippen LogP contribution < -0.4 is 0 Å². The zero-order chi connectivity index (χ0) is 8.97. The number of thioether (sulfide) groups is 1. The summed E-state index contributed by atoms with van der Waals surface area (Å²) in [5.41, 5.74) is 0. The molecule has 0 aliphatic carbocycles.